The van der Waals surface area contributed by atoms with Crippen LogP contribution in [0.15, 0.2) is 48.5 Å². The van der Waals surface area contributed by atoms with Crippen molar-refractivity contribution in [2.24, 2.45) is 5.92 Å². The number of amides is 1. The van der Waals surface area contributed by atoms with Crippen LogP contribution in [0, 0.1) is 5.92 Å². The van der Waals surface area contributed by atoms with Crippen LogP contribution in [0.4, 0.5) is 4.79 Å². The van der Waals surface area contributed by atoms with Gasteiger partial charge in [0.25, 0.3) is 0 Å². The minimum Gasteiger partial charge on any atom is -0.457 e. The van der Waals surface area contributed by atoms with Crippen molar-refractivity contribution >= 4 is 17.1 Å². The van der Waals surface area contributed by atoms with Crippen LogP contribution in [-0.2, 0) is 4.74 Å². The first-order valence-electron chi connectivity index (χ1n) is 9.43. The van der Waals surface area contributed by atoms with Crippen LogP contribution in [0.3, 0.4) is 0 Å². The number of carbonyl (C=O) groups is 1. The summed E-state index contributed by atoms with van der Waals surface area (Å²) >= 11 is 0. The third-order valence-corrected chi connectivity index (χ3v) is 4.09. The highest BCUT2D eigenvalue weighted by Gasteiger charge is 2.25. The molecule has 3 rings (SSSR count). The Bertz CT molecular complexity index is 943. The number of aromatic nitrogens is 2. The average molecular weight is 381 g/mol. The Labute approximate surface area is 165 Å². The molecule has 6 nitrogen and oxygen atoms in total. The molecule has 6 heteroatoms. The summed E-state index contributed by atoms with van der Waals surface area (Å²) in [5.74, 6) is 2.29. The molecule has 0 saturated carbocycles. The summed E-state index contributed by atoms with van der Waals surface area (Å²) in [5, 5.41) is 2.92. The van der Waals surface area contributed by atoms with Crippen molar-refractivity contribution in [3.05, 3.63) is 54.4 Å². The highest BCUT2D eigenvalue weighted by molar-refractivity contribution is 5.77. The average Bonchev–Trinajstić information content (AvgIpc) is 3.01. The normalized spacial score (nSPS) is 12.8. The maximum atomic E-state index is 12.2. The van der Waals surface area contributed by atoms with Gasteiger partial charge in [0.1, 0.15) is 22.9 Å². The second-order valence-corrected chi connectivity index (χ2v) is 8.08. The topological polar surface area (TPSA) is 76.2 Å². The van der Waals surface area contributed by atoms with Crippen molar-refractivity contribution < 1.29 is 14.3 Å². The molecule has 0 bridgehead atoms. The van der Waals surface area contributed by atoms with Gasteiger partial charge in [0, 0.05) is 6.07 Å². The Morgan fingerprint density at radius 3 is 2.43 bits per heavy atom. The first-order valence-corrected chi connectivity index (χ1v) is 9.43. The third kappa shape index (κ3) is 5.03. The fourth-order valence-electron chi connectivity index (χ4n) is 2.83. The maximum Gasteiger partial charge on any atom is 0.408 e. The Kier molecular flexibility index (Phi) is 5.58. The number of hydrogen-bond donors (Lipinski definition) is 2. The zero-order valence-electron chi connectivity index (χ0n) is 16.9. The largest absolute Gasteiger partial charge is 0.457 e. The van der Waals surface area contributed by atoms with Crippen molar-refractivity contribution in [2.45, 2.75) is 46.3 Å². The molecule has 0 aliphatic carbocycles. The van der Waals surface area contributed by atoms with Crippen LogP contribution in [-0.4, -0.2) is 21.7 Å². The number of nitrogens with one attached hydrogen (secondary N) is 2. The van der Waals surface area contributed by atoms with E-state index >= 15 is 0 Å². The summed E-state index contributed by atoms with van der Waals surface area (Å²) in [4.78, 5) is 20.2. The monoisotopic (exact) mass is 381 g/mol. The molecule has 1 heterocycles. The van der Waals surface area contributed by atoms with Crippen LogP contribution in [0.25, 0.3) is 11.0 Å². The lowest BCUT2D eigenvalue weighted by molar-refractivity contribution is 0.0487. The van der Waals surface area contributed by atoms with E-state index in [1.165, 1.54) is 0 Å². The zero-order chi connectivity index (χ0) is 20.3. The molecular weight excluding hydrogens is 354 g/mol. The number of imidazole rings is 1. The van der Waals surface area contributed by atoms with E-state index in [2.05, 4.69) is 15.3 Å². The van der Waals surface area contributed by atoms with Gasteiger partial charge in [0.15, 0.2) is 0 Å². The summed E-state index contributed by atoms with van der Waals surface area (Å²) in [5.41, 5.74) is 1.11. The molecule has 148 valence electrons. The van der Waals surface area contributed by atoms with E-state index in [0.29, 0.717) is 11.6 Å². The molecule has 0 unspecified atom stereocenters. The van der Waals surface area contributed by atoms with Gasteiger partial charge >= 0.3 is 6.09 Å². The summed E-state index contributed by atoms with van der Waals surface area (Å²) in [7, 11) is 0. The molecule has 1 atom stereocenters. The molecule has 0 aliphatic heterocycles. The minimum absolute atomic E-state index is 0.133. The highest BCUT2D eigenvalue weighted by atomic mass is 16.6. The number of benzene rings is 2. The summed E-state index contributed by atoms with van der Waals surface area (Å²) < 4.78 is 11.3. The number of fused-ring (bicyclic) bond motifs is 1. The SMILES string of the molecule is CC(C)[C@H](NC(=O)OC(C)(C)C)c1nc2cc(Oc3ccccc3)ccc2[nH]1. The van der Waals surface area contributed by atoms with E-state index in [-0.39, 0.29) is 12.0 Å². The van der Waals surface area contributed by atoms with E-state index in [0.717, 1.165) is 16.8 Å². The van der Waals surface area contributed by atoms with Crippen LogP contribution in [0.1, 0.15) is 46.5 Å². The highest BCUT2D eigenvalue weighted by Crippen LogP contribution is 2.27. The number of H-pyrrole nitrogens is 1. The van der Waals surface area contributed by atoms with Gasteiger partial charge in [-0.2, -0.15) is 0 Å². The molecule has 0 spiro atoms. The molecule has 28 heavy (non-hydrogen) atoms. The number of hydrogen-bond acceptors (Lipinski definition) is 4. The van der Waals surface area contributed by atoms with Crippen molar-refractivity contribution in [3.63, 3.8) is 0 Å². The van der Waals surface area contributed by atoms with Crippen molar-refractivity contribution in [1.29, 1.82) is 0 Å². The van der Waals surface area contributed by atoms with Crippen molar-refractivity contribution in [3.8, 4) is 11.5 Å². The predicted molar refractivity (Wildman–Crippen MR) is 110 cm³/mol. The number of alkyl carbamates (subject to hydrolysis) is 1. The number of aromatic amines is 1. The number of rotatable bonds is 5. The lowest BCUT2D eigenvalue weighted by atomic mass is 10.0. The first kappa shape index (κ1) is 19.7. The molecule has 1 amide bonds. The molecule has 0 saturated heterocycles. The maximum absolute atomic E-state index is 12.2. The quantitative estimate of drug-likeness (QED) is 0.605. The fourth-order valence-corrected chi connectivity index (χ4v) is 2.83. The number of para-hydroxylation sites is 1. The second-order valence-electron chi connectivity index (χ2n) is 8.08. The van der Waals surface area contributed by atoms with Gasteiger partial charge in [-0.05, 0) is 51.0 Å². The molecule has 2 N–H and O–H groups in total. The van der Waals surface area contributed by atoms with Gasteiger partial charge < -0.3 is 19.8 Å². The van der Waals surface area contributed by atoms with Gasteiger partial charge in [-0.3, -0.25) is 0 Å². The van der Waals surface area contributed by atoms with E-state index in [1.807, 2.05) is 83.1 Å². The molecule has 3 aromatic rings. The smallest absolute Gasteiger partial charge is 0.408 e. The van der Waals surface area contributed by atoms with Crippen molar-refractivity contribution in [2.75, 3.05) is 0 Å². The van der Waals surface area contributed by atoms with E-state index in [1.54, 1.807) is 0 Å². The van der Waals surface area contributed by atoms with Gasteiger partial charge in [0.2, 0.25) is 0 Å². The minimum atomic E-state index is -0.552. The molecule has 2 aromatic carbocycles. The Morgan fingerprint density at radius 2 is 1.79 bits per heavy atom. The Balaban J connectivity index is 1.81. The zero-order valence-corrected chi connectivity index (χ0v) is 16.9. The lowest BCUT2D eigenvalue weighted by Gasteiger charge is -2.24. The summed E-state index contributed by atoms with van der Waals surface area (Å²) in [6, 6.07) is 15.0. The summed E-state index contributed by atoms with van der Waals surface area (Å²) in [6.45, 7) is 9.57. The fraction of sp³-hybridized carbons (Fsp3) is 0.364. The van der Waals surface area contributed by atoms with Gasteiger partial charge in [0.05, 0.1) is 17.1 Å². The number of carbonyl (C=O) groups excluding carboxylic acids is 1. The molecule has 0 aliphatic rings. The van der Waals surface area contributed by atoms with Crippen LogP contribution in [0.5, 0.6) is 11.5 Å². The van der Waals surface area contributed by atoms with E-state index in [9.17, 15) is 4.79 Å². The van der Waals surface area contributed by atoms with Crippen molar-refractivity contribution in [1.82, 2.24) is 15.3 Å². The molecular formula is C22H27N3O3. The van der Waals surface area contributed by atoms with Crippen LogP contribution >= 0.6 is 0 Å². The van der Waals surface area contributed by atoms with Gasteiger partial charge in [-0.25, -0.2) is 9.78 Å². The third-order valence-electron chi connectivity index (χ3n) is 4.09. The van der Waals surface area contributed by atoms with Gasteiger partial charge in [-0.15, -0.1) is 0 Å². The van der Waals surface area contributed by atoms with E-state index in [4.69, 9.17) is 9.47 Å². The van der Waals surface area contributed by atoms with Gasteiger partial charge in [-0.1, -0.05) is 32.0 Å². The van der Waals surface area contributed by atoms with Crippen LogP contribution < -0.4 is 10.1 Å². The van der Waals surface area contributed by atoms with Crippen LogP contribution in [0.2, 0.25) is 0 Å². The molecule has 1 aromatic heterocycles. The summed E-state index contributed by atoms with van der Waals surface area (Å²) in [6.07, 6.45) is -0.459. The van der Waals surface area contributed by atoms with E-state index < -0.39 is 11.7 Å². The predicted octanol–water partition coefficient (Wildman–Crippen LogP) is 5.58. The number of nitrogens with zero attached hydrogens (tertiary/aromatic N) is 1. The molecule has 0 fully saturated rings. The second kappa shape index (κ2) is 7.92. The Hall–Kier alpha value is -3.02. The Morgan fingerprint density at radius 1 is 1.07 bits per heavy atom. The molecule has 0 radical (unpaired) electrons. The standard InChI is InChI=1S/C22H27N3O3/c1-14(2)19(25-21(26)28-22(3,4)5)20-23-17-12-11-16(13-18(17)24-20)27-15-9-7-6-8-10-15/h6-14,19H,1-5H3,(H,23,24)(H,25,26)/t19-/m0/s1. The lowest BCUT2D eigenvalue weighted by Crippen LogP contribution is -2.37. The first-order chi connectivity index (χ1) is 13.2. The number of ether oxygens (including phenoxy) is 2.